The van der Waals surface area contributed by atoms with E-state index in [0.717, 1.165) is 28.8 Å². The number of benzene rings is 2. The number of likely N-dealkylation sites (tertiary alicyclic amines) is 1. The number of ketones is 1. The van der Waals surface area contributed by atoms with E-state index < -0.39 is 11.0 Å². The third-order valence-electron chi connectivity index (χ3n) is 9.29. The van der Waals surface area contributed by atoms with Crippen molar-refractivity contribution >= 4 is 11.7 Å². The van der Waals surface area contributed by atoms with Crippen LogP contribution in [0.1, 0.15) is 52.7 Å². The molecule has 6 rings (SSSR count). The molecule has 2 heterocycles. The number of rotatable bonds is 6. The Kier molecular flexibility index (Phi) is 6.59. The average Bonchev–Trinajstić information content (AvgIpc) is 2.96. The van der Waals surface area contributed by atoms with Gasteiger partial charge in [-0.1, -0.05) is 30.3 Å². The Hall–Kier alpha value is -3.82. The van der Waals surface area contributed by atoms with Crippen LogP contribution in [0, 0.1) is 0 Å². The highest BCUT2D eigenvalue weighted by atomic mass is 16.5. The SMILES string of the molecule is COc1ncc(-c2ccc(CCNC(=O)c3ccc4c(c3O)C35CCN(C)C(C4)C3(O)CCC(=O)C5)cc2)cn1. The van der Waals surface area contributed by atoms with Crippen molar-refractivity contribution in [2.45, 2.75) is 55.6 Å². The van der Waals surface area contributed by atoms with Crippen LogP contribution in [0.3, 0.4) is 0 Å². The van der Waals surface area contributed by atoms with E-state index in [4.69, 9.17) is 4.74 Å². The first-order valence-electron chi connectivity index (χ1n) is 13.8. The second-order valence-electron chi connectivity index (χ2n) is 11.3. The van der Waals surface area contributed by atoms with Gasteiger partial charge in [0.05, 0.1) is 18.3 Å². The van der Waals surface area contributed by atoms with Crippen molar-refractivity contribution < 1.29 is 24.5 Å². The van der Waals surface area contributed by atoms with E-state index in [1.54, 1.807) is 18.5 Å². The van der Waals surface area contributed by atoms with E-state index in [0.29, 0.717) is 50.2 Å². The number of likely N-dealkylation sites (N-methyl/N-ethyl adjacent to an activating group) is 1. The molecule has 2 fully saturated rings. The number of Topliss-reactive ketones (excluding diaryl/α,β-unsaturated/α-hetero) is 1. The molecule has 3 N–H and O–H groups in total. The molecule has 3 atom stereocenters. The lowest BCUT2D eigenvalue weighted by molar-refractivity contribution is -0.169. The predicted molar refractivity (Wildman–Crippen MR) is 148 cm³/mol. The highest BCUT2D eigenvalue weighted by Crippen LogP contribution is 2.59. The molecule has 1 saturated carbocycles. The van der Waals surface area contributed by atoms with E-state index in [1.807, 2.05) is 37.4 Å². The van der Waals surface area contributed by atoms with Gasteiger partial charge in [0, 0.05) is 54.4 Å². The van der Waals surface area contributed by atoms with E-state index in [1.165, 1.54) is 7.11 Å². The van der Waals surface area contributed by atoms with Crippen LogP contribution in [-0.4, -0.2) is 75.7 Å². The summed E-state index contributed by atoms with van der Waals surface area (Å²) >= 11 is 0. The van der Waals surface area contributed by atoms with E-state index in [-0.39, 0.29) is 35.5 Å². The lowest BCUT2D eigenvalue weighted by Gasteiger charge is -2.62. The van der Waals surface area contributed by atoms with Gasteiger partial charge in [-0.2, -0.15) is 0 Å². The summed E-state index contributed by atoms with van der Waals surface area (Å²) < 4.78 is 5.01. The van der Waals surface area contributed by atoms with Crippen molar-refractivity contribution in [1.82, 2.24) is 20.2 Å². The summed E-state index contributed by atoms with van der Waals surface area (Å²) in [5.41, 5.74) is 2.61. The molecule has 1 aliphatic heterocycles. The quantitative estimate of drug-likeness (QED) is 0.434. The van der Waals surface area contributed by atoms with Gasteiger partial charge in [-0.05, 0) is 62.0 Å². The van der Waals surface area contributed by atoms with Crippen LogP contribution in [0.15, 0.2) is 48.8 Å². The number of aliphatic hydroxyl groups is 1. The number of aromatic nitrogens is 2. The molecule has 1 aromatic heterocycles. The molecule has 2 bridgehead atoms. The standard InChI is InChI=1S/C31H34N4O5/c1-35-14-12-30-16-23(36)9-11-31(30,39)25(35)15-21-7-8-24(27(37)26(21)30)28(38)32-13-10-19-3-5-20(6-4-19)22-17-33-29(40-2)34-18-22/h3-8,17-18,25,37,39H,9-16H2,1-2H3,(H,32,38). The Bertz CT molecular complexity index is 1460. The molecule has 0 spiro atoms. The van der Waals surface area contributed by atoms with Crippen LogP contribution in [0.2, 0.25) is 0 Å². The largest absolute Gasteiger partial charge is 0.507 e. The second kappa shape index (κ2) is 9.98. The first-order chi connectivity index (χ1) is 19.3. The Morgan fingerprint density at radius 3 is 2.60 bits per heavy atom. The molecule has 2 aliphatic carbocycles. The molecule has 208 valence electrons. The highest BCUT2D eigenvalue weighted by Gasteiger charge is 2.65. The third kappa shape index (κ3) is 4.15. The van der Waals surface area contributed by atoms with Crippen LogP contribution < -0.4 is 10.1 Å². The summed E-state index contributed by atoms with van der Waals surface area (Å²) in [5, 5.41) is 26.4. The van der Waals surface area contributed by atoms with Crippen molar-refractivity contribution in [2.24, 2.45) is 0 Å². The fourth-order valence-corrected chi connectivity index (χ4v) is 7.16. The lowest BCUT2D eigenvalue weighted by atomic mass is 9.49. The van der Waals surface area contributed by atoms with Gasteiger partial charge < -0.3 is 25.2 Å². The summed E-state index contributed by atoms with van der Waals surface area (Å²) in [6.45, 7) is 1.11. The van der Waals surface area contributed by atoms with Crippen LogP contribution >= 0.6 is 0 Å². The number of methoxy groups -OCH3 is 1. The number of amides is 1. The normalized spacial score (nSPS) is 25.6. The maximum Gasteiger partial charge on any atom is 0.316 e. The van der Waals surface area contributed by atoms with Crippen LogP contribution in [-0.2, 0) is 23.1 Å². The zero-order chi connectivity index (χ0) is 28.1. The second-order valence-corrected chi connectivity index (χ2v) is 11.3. The number of hydrogen-bond acceptors (Lipinski definition) is 8. The van der Waals surface area contributed by atoms with E-state index >= 15 is 0 Å². The first-order valence-corrected chi connectivity index (χ1v) is 13.8. The average molecular weight is 543 g/mol. The molecule has 40 heavy (non-hydrogen) atoms. The van der Waals surface area contributed by atoms with Gasteiger partial charge in [0.1, 0.15) is 11.5 Å². The van der Waals surface area contributed by atoms with Crippen molar-refractivity contribution in [2.75, 3.05) is 27.2 Å². The van der Waals surface area contributed by atoms with Gasteiger partial charge in [0.25, 0.3) is 5.91 Å². The summed E-state index contributed by atoms with van der Waals surface area (Å²) in [6.07, 6.45) is 6.08. The fraction of sp³-hybridized carbons (Fsp3) is 0.419. The highest BCUT2D eigenvalue weighted by molar-refractivity contribution is 5.98. The lowest BCUT2D eigenvalue weighted by Crippen LogP contribution is -2.72. The van der Waals surface area contributed by atoms with Gasteiger partial charge in [0.15, 0.2) is 0 Å². The molecule has 3 aliphatic rings. The van der Waals surface area contributed by atoms with Gasteiger partial charge in [0.2, 0.25) is 0 Å². The van der Waals surface area contributed by atoms with Crippen molar-refractivity contribution in [3.63, 3.8) is 0 Å². The molecule has 1 amide bonds. The monoisotopic (exact) mass is 542 g/mol. The van der Waals surface area contributed by atoms with Gasteiger partial charge >= 0.3 is 6.01 Å². The minimum absolute atomic E-state index is 0.0978. The summed E-state index contributed by atoms with van der Waals surface area (Å²) in [7, 11) is 3.54. The molecule has 0 radical (unpaired) electrons. The van der Waals surface area contributed by atoms with Crippen LogP contribution in [0.4, 0.5) is 0 Å². The van der Waals surface area contributed by atoms with E-state index in [9.17, 15) is 19.8 Å². The Labute approximate surface area is 233 Å². The summed E-state index contributed by atoms with van der Waals surface area (Å²) in [6, 6.07) is 11.7. The molecule has 3 aromatic rings. The number of carbonyl (C=O) groups excluding carboxylic acids is 2. The maximum atomic E-state index is 13.2. The fourth-order valence-electron chi connectivity index (χ4n) is 7.16. The number of phenolic OH excluding ortho intramolecular Hbond substituents is 1. The third-order valence-corrected chi connectivity index (χ3v) is 9.29. The zero-order valence-electron chi connectivity index (χ0n) is 22.8. The number of carbonyl (C=O) groups is 2. The van der Waals surface area contributed by atoms with Crippen LogP contribution in [0.5, 0.6) is 11.8 Å². The molecule has 9 heteroatoms. The van der Waals surface area contributed by atoms with Crippen molar-refractivity contribution in [3.05, 3.63) is 71.0 Å². The molecule has 3 unspecified atom stereocenters. The Morgan fingerprint density at radius 2 is 1.88 bits per heavy atom. The van der Waals surface area contributed by atoms with Gasteiger partial charge in [-0.25, -0.2) is 9.97 Å². The minimum atomic E-state index is -1.11. The minimum Gasteiger partial charge on any atom is -0.507 e. The predicted octanol–water partition coefficient (Wildman–Crippen LogP) is 2.81. The number of fused-ring (bicyclic) bond motifs is 1. The first kappa shape index (κ1) is 26.4. The van der Waals surface area contributed by atoms with Gasteiger partial charge in [-0.15, -0.1) is 0 Å². The smallest absolute Gasteiger partial charge is 0.316 e. The van der Waals surface area contributed by atoms with Gasteiger partial charge in [-0.3, -0.25) is 9.59 Å². The van der Waals surface area contributed by atoms with Crippen molar-refractivity contribution in [1.29, 1.82) is 0 Å². The number of ether oxygens (including phenoxy) is 1. The Morgan fingerprint density at radius 1 is 1.12 bits per heavy atom. The molecular formula is C31H34N4O5. The molecular weight excluding hydrogens is 508 g/mol. The Balaban J connectivity index is 1.18. The maximum absolute atomic E-state index is 13.2. The number of hydrogen-bond donors (Lipinski definition) is 3. The number of phenols is 1. The molecule has 2 aromatic carbocycles. The number of aromatic hydroxyl groups is 1. The van der Waals surface area contributed by atoms with Crippen molar-refractivity contribution in [3.8, 4) is 22.9 Å². The molecule has 1 saturated heterocycles. The van der Waals surface area contributed by atoms with E-state index in [2.05, 4.69) is 20.2 Å². The number of nitrogens with one attached hydrogen (secondary N) is 1. The van der Waals surface area contributed by atoms with Crippen LogP contribution in [0.25, 0.3) is 11.1 Å². The zero-order valence-corrected chi connectivity index (χ0v) is 22.8. The topological polar surface area (TPSA) is 125 Å². The summed E-state index contributed by atoms with van der Waals surface area (Å²) in [4.78, 5) is 36.4. The number of piperidine rings is 1. The molecule has 9 nitrogen and oxygen atoms in total. The summed E-state index contributed by atoms with van der Waals surface area (Å²) in [5.74, 6) is -0.373. The number of nitrogens with zero attached hydrogens (tertiary/aromatic N) is 3.